The molecule has 1 rings (SSSR count). The molecule has 0 bridgehead atoms. The number of carboxylic acids is 1. The van der Waals surface area contributed by atoms with Crippen LogP contribution in [0.25, 0.3) is 0 Å². The predicted molar refractivity (Wildman–Crippen MR) is 54.6 cm³/mol. The van der Waals surface area contributed by atoms with Crippen molar-refractivity contribution in [2.24, 2.45) is 0 Å². The molecular weight excluding hydrogens is 184 g/mol. The molecule has 0 unspecified atom stereocenters. The Kier molecular flexibility index (Phi) is 3.37. The van der Waals surface area contributed by atoms with Gasteiger partial charge in [0, 0.05) is 4.90 Å². The first-order chi connectivity index (χ1) is 6.19. The Labute approximate surface area is 82.0 Å². The maximum absolute atomic E-state index is 10.8. The number of aryl methyl sites for hydroxylation is 1. The van der Waals surface area contributed by atoms with Crippen LogP contribution in [0.2, 0.25) is 0 Å². The van der Waals surface area contributed by atoms with Gasteiger partial charge in [0.25, 0.3) is 0 Å². The molecule has 0 saturated heterocycles. The van der Waals surface area contributed by atoms with Gasteiger partial charge in [-0.1, -0.05) is 13.0 Å². The molecule has 1 N–H and O–H groups in total. The number of carboxylic acid groups (broad SMARTS) is 1. The zero-order chi connectivity index (χ0) is 9.84. The molecule has 1 aromatic carbocycles. The van der Waals surface area contributed by atoms with E-state index in [9.17, 15) is 4.79 Å². The Morgan fingerprint density at radius 1 is 1.54 bits per heavy atom. The lowest BCUT2D eigenvalue weighted by Gasteiger charge is -2.04. The van der Waals surface area contributed by atoms with E-state index in [2.05, 4.69) is 0 Å². The minimum absolute atomic E-state index is 0.409. The summed E-state index contributed by atoms with van der Waals surface area (Å²) in [6, 6.07) is 5.58. The summed E-state index contributed by atoms with van der Waals surface area (Å²) in [5.74, 6) is -0.848. The maximum Gasteiger partial charge on any atom is 0.336 e. The number of hydrogen-bond donors (Lipinski definition) is 1. The van der Waals surface area contributed by atoms with Crippen molar-refractivity contribution in [3.05, 3.63) is 29.3 Å². The highest BCUT2D eigenvalue weighted by Crippen LogP contribution is 2.21. The van der Waals surface area contributed by atoms with E-state index in [1.54, 1.807) is 6.07 Å². The molecule has 0 amide bonds. The summed E-state index contributed by atoms with van der Waals surface area (Å²) in [5, 5.41) is 8.90. The first kappa shape index (κ1) is 10.1. The van der Waals surface area contributed by atoms with E-state index in [0.717, 1.165) is 16.9 Å². The van der Waals surface area contributed by atoms with Gasteiger partial charge in [-0.05, 0) is 30.4 Å². The largest absolute Gasteiger partial charge is 0.478 e. The van der Waals surface area contributed by atoms with Crippen molar-refractivity contribution < 1.29 is 9.90 Å². The molecule has 0 radical (unpaired) electrons. The van der Waals surface area contributed by atoms with Crippen molar-refractivity contribution in [3.63, 3.8) is 0 Å². The van der Waals surface area contributed by atoms with E-state index in [4.69, 9.17) is 5.11 Å². The van der Waals surface area contributed by atoms with Crippen LogP contribution in [0.4, 0.5) is 0 Å². The Morgan fingerprint density at radius 3 is 2.69 bits per heavy atom. The van der Waals surface area contributed by atoms with E-state index >= 15 is 0 Å². The molecule has 0 aliphatic rings. The van der Waals surface area contributed by atoms with Gasteiger partial charge in [0.15, 0.2) is 0 Å². The van der Waals surface area contributed by atoms with Gasteiger partial charge >= 0.3 is 5.97 Å². The summed E-state index contributed by atoms with van der Waals surface area (Å²) in [5.41, 5.74) is 1.47. The standard InChI is InChI=1S/C10H12O2S/c1-3-7-4-5-9(13-2)8(6-7)10(11)12/h4-6H,3H2,1-2H3,(H,11,12). The van der Waals surface area contributed by atoms with Gasteiger partial charge in [-0.2, -0.15) is 0 Å². The molecule has 70 valence electrons. The smallest absolute Gasteiger partial charge is 0.336 e. The van der Waals surface area contributed by atoms with Crippen molar-refractivity contribution in [1.29, 1.82) is 0 Å². The van der Waals surface area contributed by atoms with Gasteiger partial charge in [0.05, 0.1) is 5.56 Å². The first-order valence-electron chi connectivity index (χ1n) is 4.09. The number of rotatable bonds is 3. The minimum atomic E-state index is -0.848. The highest BCUT2D eigenvalue weighted by Gasteiger charge is 2.09. The maximum atomic E-state index is 10.8. The molecule has 13 heavy (non-hydrogen) atoms. The number of carbonyl (C=O) groups is 1. The van der Waals surface area contributed by atoms with Crippen LogP contribution in [-0.4, -0.2) is 17.3 Å². The van der Waals surface area contributed by atoms with Gasteiger partial charge in [-0.3, -0.25) is 0 Å². The second-order valence-corrected chi connectivity index (χ2v) is 3.54. The Hall–Kier alpha value is -0.960. The molecule has 0 aliphatic carbocycles. The lowest BCUT2D eigenvalue weighted by molar-refractivity contribution is 0.0693. The highest BCUT2D eigenvalue weighted by molar-refractivity contribution is 7.98. The van der Waals surface area contributed by atoms with Crippen molar-refractivity contribution in [1.82, 2.24) is 0 Å². The Morgan fingerprint density at radius 2 is 2.23 bits per heavy atom. The van der Waals surface area contributed by atoms with Crippen LogP contribution < -0.4 is 0 Å². The van der Waals surface area contributed by atoms with Crippen molar-refractivity contribution in [2.45, 2.75) is 18.2 Å². The molecule has 2 nitrogen and oxygen atoms in total. The second-order valence-electron chi connectivity index (χ2n) is 2.69. The topological polar surface area (TPSA) is 37.3 Å². The number of aromatic carboxylic acids is 1. The van der Waals surface area contributed by atoms with E-state index in [1.807, 2.05) is 25.3 Å². The van der Waals surface area contributed by atoms with Crippen molar-refractivity contribution in [3.8, 4) is 0 Å². The van der Waals surface area contributed by atoms with E-state index in [0.29, 0.717) is 5.56 Å². The van der Waals surface area contributed by atoms with Crippen LogP contribution in [0.3, 0.4) is 0 Å². The van der Waals surface area contributed by atoms with Crippen molar-refractivity contribution >= 4 is 17.7 Å². The van der Waals surface area contributed by atoms with E-state index in [-0.39, 0.29) is 0 Å². The molecular formula is C10H12O2S. The van der Waals surface area contributed by atoms with Crippen LogP contribution in [-0.2, 0) is 6.42 Å². The van der Waals surface area contributed by atoms with E-state index < -0.39 is 5.97 Å². The normalized spacial score (nSPS) is 10.0. The molecule has 0 saturated carbocycles. The molecule has 0 heterocycles. The minimum Gasteiger partial charge on any atom is -0.478 e. The monoisotopic (exact) mass is 196 g/mol. The summed E-state index contributed by atoms with van der Waals surface area (Å²) in [6.07, 6.45) is 2.75. The molecule has 0 spiro atoms. The molecule has 0 aromatic heterocycles. The molecule has 3 heteroatoms. The lowest BCUT2D eigenvalue weighted by atomic mass is 10.1. The SMILES string of the molecule is CCc1ccc(SC)c(C(=O)O)c1. The number of thioether (sulfide) groups is 1. The van der Waals surface area contributed by atoms with Gasteiger partial charge in [-0.25, -0.2) is 4.79 Å². The number of benzene rings is 1. The fraction of sp³-hybridized carbons (Fsp3) is 0.300. The summed E-state index contributed by atoms with van der Waals surface area (Å²) < 4.78 is 0. The quantitative estimate of drug-likeness (QED) is 0.755. The molecule has 1 aromatic rings. The lowest BCUT2D eigenvalue weighted by Crippen LogP contribution is -1.99. The molecule has 0 aliphatic heterocycles. The fourth-order valence-corrected chi connectivity index (χ4v) is 1.71. The molecule has 0 fully saturated rings. The Bertz CT molecular complexity index is 321. The van der Waals surface area contributed by atoms with Gasteiger partial charge in [0.1, 0.15) is 0 Å². The first-order valence-corrected chi connectivity index (χ1v) is 5.31. The summed E-state index contributed by atoms with van der Waals surface area (Å²) in [6.45, 7) is 2.01. The fourth-order valence-electron chi connectivity index (χ4n) is 1.14. The zero-order valence-electron chi connectivity index (χ0n) is 7.70. The van der Waals surface area contributed by atoms with Crippen LogP contribution >= 0.6 is 11.8 Å². The van der Waals surface area contributed by atoms with Crippen LogP contribution in [0, 0.1) is 0 Å². The summed E-state index contributed by atoms with van der Waals surface area (Å²) in [4.78, 5) is 11.7. The van der Waals surface area contributed by atoms with Gasteiger partial charge in [-0.15, -0.1) is 11.8 Å². The summed E-state index contributed by atoms with van der Waals surface area (Å²) >= 11 is 1.46. The average molecular weight is 196 g/mol. The van der Waals surface area contributed by atoms with Crippen molar-refractivity contribution in [2.75, 3.05) is 6.26 Å². The Balaban J connectivity index is 3.18. The second kappa shape index (κ2) is 4.33. The third-order valence-electron chi connectivity index (χ3n) is 1.90. The third kappa shape index (κ3) is 2.25. The van der Waals surface area contributed by atoms with Crippen LogP contribution in [0.5, 0.6) is 0 Å². The average Bonchev–Trinajstić information content (AvgIpc) is 2.16. The predicted octanol–water partition coefficient (Wildman–Crippen LogP) is 2.67. The number of hydrogen-bond acceptors (Lipinski definition) is 2. The zero-order valence-corrected chi connectivity index (χ0v) is 8.52. The van der Waals surface area contributed by atoms with Crippen LogP contribution in [0.15, 0.2) is 23.1 Å². The summed E-state index contributed by atoms with van der Waals surface area (Å²) in [7, 11) is 0. The van der Waals surface area contributed by atoms with Crippen LogP contribution in [0.1, 0.15) is 22.8 Å². The van der Waals surface area contributed by atoms with Gasteiger partial charge in [0.2, 0.25) is 0 Å². The van der Waals surface area contributed by atoms with E-state index in [1.165, 1.54) is 11.8 Å². The third-order valence-corrected chi connectivity index (χ3v) is 2.70. The highest BCUT2D eigenvalue weighted by atomic mass is 32.2. The molecule has 0 atom stereocenters. The van der Waals surface area contributed by atoms with Gasteiger partial charge < -0.3 is 5.11 Å².